The van der Waals surface area contributed by atoms with Crippen LogP contribution in [-0.2, 0) is 14.3 Å². The minimum absolute atomic E-state index is 0.0891. The van der Waals surface area contributed by atoms with Crippen LogP contribution in [-0.4, -0.2) is 69.3 Å². The number of carbonyl (C=O) groups excluding carboxylic acids is 2. The first kappa shape index (κ1) is 19.6. The SMILES string of the molecule is O=C(NCCOc1ccccc1F)[C@@H]1CNC[C@H](C(=O)N2CCOCC2)C1. The Morgan fingerprint density at radius 1 is 1.22 bits per heavy atom. The average Bonchev–Trinajstić information content (AvgIpc) is 2.72. The van der Waals surface area contributed by atoms with Crippen molar-refractivity contribution in [1.29, 1.82) is 0 Å². The smallest absolute Gasteiger partial charge is 0.227 e. The van der Waals surface area contributed by atoms with Gasteiger partial charge < -0.3 is 25.0 Å². The van der Waals surface area contributed by atoms with Gasteiger partial charge >= 0.3 is 0 Å². The Bertz CT molecular complexity index is 652. The molecule has 7 nitrogen and oxygen atoms in total. The van der Waals surface area contributed by atoms with E-state index in [1.165, 1.54) is 6.07 Å². The molecule has 2 fully saturated rings. The van der Waals surface area contributed by atoms with Gasteiger partial charge in [0.2, 0.25) is 11.8 Å². The van der Waals surface area contributed by atoms with Crippen molar-refractivity contribution in [3.8, 4) is 5.75 Å². The lowest BCUT2D eigenvalue weighted by atomic mass is 9.88. The largest absolute Gasteiger partial charge is 0.489 e. The Kier molecular flexibility index (Phi) is 7.00. The molecule has 27 heavy (non-hydrogen) atoms. The fraction of sp³-hybridized carbons (Fsp3) is 0.579. The van der Waals surface area contributed by atoms with Gasteiger partial charge in [-0.3, -0.25) is 9.59 Å². The second-order valence-electron chi connectivity index (χ2n) is 6.80. The van der Waals surface area contributed by atoms with E-state index < -0.39 is 5.82 Å². The monoisotopic (exact) mass is 379 g/mol. The molecule has 2 N–H and O–H groups in total. The number of rotatable bonds is 6. The van der Waals surface area contributed by atoms with Crippen LogP contribution < -0.4 is 15.4 Å². The van der Waals surface area contributed by atoms with Gasteiger partial charge in [0.05, 0.1) is 31.6 Å². The van der Waals surface area contributed by atoms with Crippen molar-refractivity contribution in [2.24, 2.45) is 11.8 Å². The number of ether oxygens (including phenoxy) is 2. The topological polar surface area (TPSA) is 79.9 Å². The molecule has 0 aromatic heterocycles. The van der Waals surface area contributed by atoms with Crippen molar-refractivity contribution in [3.05, 3.63) is 30.1 Å². The lowest BCUT2D eigenvalue weighted by Gasteiger charge is -2.34. The maximum atomic E-state index is 13.5. The fourth-order valence-electron chi connectivity index (χ4n) is 3.41. The highest BCUT2D eigenvalue weighted by molar-refractivity contribution is 5.83. The highest BCUT2D eigenvalue weighted by atomic mass is 19.1. The zero-order chi connectivity index (χ0) is 19.1. The predicted octanol–water partition coefficient (Wildman–Crippen LogP) is 0.405. The fourth-order valence-corrected chi connectivity index (χ4v) is 3.41. The number of piperidine rings is 1. The summed E-state index contributed by atoms with van der Waals surface area (Å²) in [5.41, 5.74) is 0. The summed E-state index contributed by atoms with van der Waals surface area (Å²) in [7, 11) is 0. The van der Waals surface area contributed by atoms with Gasteiger partial charge in [-0.05, 0) is 18.6 Å². The van der Waals surface area contributed by atoms with Crippen LogP contribution in [0.2, 0.25) is 0 Å². The summed E-state index contributed by atoms with van der Waals surface area (Å²) in [5, 5.41) is 6.00. The van der Waals surface area contributed by atoms with Crippen LogP contribution in [0.5, 0.6) is 5.75 Å². The Morgan fingerprint density at radius 3 is 2.74 bits per heavy atom. The molecule has 0 unspecified atom stereocenters. The maximum absolute atomic E-state index is 13.5. The molecule has 0 saturated carbocycles. The highest BCUT2D eigenvalue weighted by Crippen LogP contribution is 2.20. The second kappa shape index (κ2) is 9.66. The zero-order valence-corrected chi connectivity index (χ0v) is 15.3. The normalized spacial score (nSPS) is 22.9. The van der Waals surface area contributed by atoms with Crippen LogP contribution in [0.3, 0.4) is 0 Å². The minimum Gasteiger partial charge on any atom is -0.489 e. The van der Waals surface area contributed by atoms with E-state index in [0.717, 1.165) is 0 Å². The maximum Gasteiger partial charge on any atom is 0.227 e. The standard InChI is InChI=1S/C19H26FN3O4/c20-16-3-1-2-4-17(16)27-8-5-22-18(24)14-11-15(13-21-12-14)19(25)23-6-9-26-10-7-23/h1-4,14-15,21H,5-13H2,(H,22,24)/t14-,15+/m0/s1. The minimum atomic E-state index is -0.426. The summed E-state index contributed by atoms with van der Waals surface area (Å²) >= 11 is 0. The molecule has 1 aromatic rings. The molecule has 0 aliphatic carbocycles. The van der Waals surface area contributed by atoms with Crippen LogP contribution in [0.4, 0.5) is 4.39 Å². The number of hydrogen-bond acceptors (Lipinski definition) is 5. The molecular formula is C19H26FN3O4. The van der Waals surface area contributed by atoms with Gasteiger partial charge in [-0.1, -0.05) is 12.1 Å². The molecule has 1 aromatic carbocycles. The first-order valence-electron chi connectivity index (χ1n) is 9.37. The quantitative estimate of drug-likeness (QED) is 0.700. The first-order valence-corrected chi connectivity index (χ1v) is 9.37. The molecule has 0 bridgehead atoms. The Hall–Kier alpha value is -2.19. The van der Waals surface area contributed by atoms with E-state index >= 15 is 0 Å². The molecule has 2 aliphatic heterocycles. The summed E-state index contributed by atoms with van der Waals surface area (Å²) in [6.07, 6.45) is 0.531. The third kappa shape index (κ3) is 5.40. The molecule has 2 aliphatic rings. The summed E-state index contributed by atoms with van der Waals surface area (Å²) in [6, 6.07) is 6.16. The Balaban J connectivity index is 1.41. The third-order valence-electron chi connectivity index (χ3n) is 4.89. The molecule has 2 amide bonds. The Morgan fingerprint density at radius 2 is 1.96 bits per heavy atom. The van der Waals surface area contributed by atoms with E-state index in [1.54, 1.807) is 18.2 Å². The number of carbonyl (C=O) groups is 2. The van der Waals surface area contributed by atoms with E-state index in [-0.39, 0.29) is 42.6 Å². The van der Waals surface area contributed by atoms with Crippen LogP contribution >= 0.6 is 0 Å². The van der Waals surface area contributed by atoms with Crippen molar-refractivity contribution in [2.45, 2.75) is 6.42 Å². The van der Waals surface area contributed by atoms with E-state index in [9.17, 15) is 14.0 Å². The molecule has 2 heterocycles. The Labute approximate surface area is 158 Å². The van der Waals surface area contributed by atoms with Crippen molar-refractivity contribution in [1.82, 2.24) is 15.5 Å². The van der Waals surface area contributed by atoms with Gasteiger partial charge in [-0.25, -0.2) is 4.39 Å². The lowest BCUT2D eigenvalue weighted by molar-refractivity contribution is -0.141. The number of amides is 2. The highest BCUT2D eigenvalue weighted by Gasteiger charge is 2.33. The van der Waals surface area contributed by atoms with E-state index in [2.05, 4.69) is 10.6 Å². The summed E-state index contributed by atoms with van der Waals surface area (Å²) in [4.78, 5) is 26.8. The van der Waals surface area contributed by atoms with Gasteiger partial charge in [0.15, 0.2) is 11.6 Å². The zero-order valence-electron chi connectivity index (χ0n) is 15.3. The van der Waals surface area contributed by atoms with Crippen molar-refractivity contribution in [2.75, 3.05) is 52.5 Å². The average molecular weight is 379 g/mol. The van der Waals surface area contributed by atoms with Crippen LogP contribution in [0, 0.1) is 17.7 Å². The van der Waals surface area contributed by atoms with E-state index in [0.29, 0.717) is 45.8 Å². The van der Waals surface area contributed by atoms with Gasteiger partial charge in [-0.15, -0.1) is 0 Å². The van der Waals surface area contributed by atoms with Gasteiger partial charge in [-0.2, -0.15) is 0 Å². The number of benzene rings is 1. The third-order valence-corrected chi connectivity index (χ3v) is 4.89. The van der Waals surface area contributed by atoms with E-state index in [1.807, 2.05) is 4.90 Å². The van der Waals surface area contributed by atoms with Gasteiger partial charge in [0, 0.05) is 26.2 Å². The van der Waals surface area contributed by atoms with Crippen molar-refractivity contribution >= 4 is 11.8 Å². The number of nitrogens with one attached hydrogen (secondary N) is 2. The van der Waals surface area contributed by atoms with Crippen LogP contribution in [0.1, 0.15) is 6.42 Å². The van der Waals surface area contributed by atoms with Gasteiger partial charge in [0.25, 0.3) is 0 Å². The summed E-state index contributed by atoms with van der Waals surface area (Å²) < 4.78 is 24.1. The number of para-hydroxylation sites is 1. The number of morpholine rings is 1. The number of nitrogens with zero attached hydrogens (tertiary/aromatic N) is 1. The van der Waals surface area contributed by atoms with Gasteiger partial charge in [0.1, 0.15) is 6.61 Å². The molecule has 8 heteroatoms. The molecule has 148 valence electrons. The number of hydrogen-bond donors (Lipinski definition) is 2. The molecule has 3 rings (SSSR count). The molecule has 2 saturated heterocycles. The summed E-state index contributed by atoms with van der Waals surface area (Å²) in [5.74, 6) is -0.734. The van der Waals surface area contributed by atoms with E-state index in [4.69, 9.17) is 9.47 Å². The molecule has 0 spiro atoms. The first-order chi connectivity index (χ1) is 13.1. The predicted molar refractivity (Wildman–Crippen MR) is 96.8 cm³/mol. The molecular weight excluding hydrogens is 353 g/mol. The van der Waals surface area contributed by atoms with Crippen LogP contribution in [0.15, 0.2) is 24.3 Å². The van der Waals surface area contributed by atoms with Crippen molar-refractivity contribution in [3.63, 3.8) is 0 Å². The van der Waals surface area contributed by atoms with Crippen LogP contribution in [0.25, 0.3) is 0 Å². The second-order valence-corrected chi connectivity index (χ2v) is 6.80. The molecule has 2 atom stereocenters. The summed E-state index contributed by atoms with van der Waals surface area (Å²) in [6.45, 7) is 3.97. The van der Waals surface area contributed by atoms with Crippen molar-refractivity contribution < 1.29 is 23.5 Å². The molecule has 0 radical (unpaired) electrons. The number of halogens is 1. The lowest BCUT2D eigenvalue weighted by Crippen LogP contribution is -2.51.